The number of piperazine rings is 1. The molecule has 1 aliphatic carbocycles. The van der Waals surface area contributed by atoms with Crippen molar-refractivity contribution < 1.29 is 8.78 Å². The Hall–Kier alpha value is -1.00. The van der Waals surface area contributed by atoms with Crippen molar-refractivity contribution in [2.75, 3.05) is 19.6 Å². The fraction of sp³-hybridized carbons (Fsp3) is 0.625. The van der Waals surface area contributed by atoms with Crippen molar-refractivity contribution >= 4 is 0 Å². The number of nitrogens with one attached hydrogen (secondary N) is 1. The van der Waals surface area contributed by atoms with E-state index in [2.05, 4.69) is 10.2 Å². The first-order chi connectivity index (χ1) is 9.70. The van der Waals surface area contributed by atoms with Crippen LogP contribution in [-0.4, -0.2) is 30.1 Å². The van der Waals surface area contributed by atoms with Crippen molar-refractivity contribution in [1.82, 2.24) is 10.2 Å². The van der Waals surface area contributed by atoms with Crippen LogP contribution < -0.4 is 5.32 Å². The van der Waals surface area contributed by atoms with Crippen LogP contribution in [0.1, 0.15) is 37.7 Å². The maximum absolute atomic E-state index is 13.9. The van der Waals surface area contributed by atoms with Crippen LogP contribution in [0.15, 0.2) is 18.2 Å². The Morgan fingerprint density at radius 1 is 1.15 bits per heavy atom. The molecule has 0 atom stereocenters. The Kier molecular flexibility index (Phi) is 4.03. The molecule has 0 aromatic heterocycles. The molecule has 1 heterocycles. The molecule has 1 aromatic carbocycles. The maximum atomic E-state index is 13.9. The third-order valence-electron chi connectivity index (χ3n) is 4.84. The molecule has 110 valence electrons. The zero-order chi connectivity index (χ0) is 14.0. The lowest BCUT2D eigenvalue weighted by atomic mass is 9.79. The summed E-state index contributed by atoms with van der Waals surface area (Å²) in [4.78, 5) is 2.38. The van der Waals surface area contributed by atoms with Crippen molar-refractivity contribution in [3.8, 4) is 0 Å². The molecule has 2 aliphatic rings. The molecule has 0 unspecified atom stereocenters. The van der Waals surface area contributed by atoms with Gasteiger partial charge in [0.15, 0.2) is 0 Å². The van der Waals surface area contributed by atoms with Gasteiger partial charge in [0.05, 0.1) is 0 Å². The molecule has 0 amide bonds. The number of halogens is 2. The highest BCUT2D eigenvalue weighted by Crippen LogP contribution is 2.35. The van der Waals surface area contributed by atoms with Crippen LogP contribution >= 0.6 is 0 Å². The second-order valence-electron chi connectivity index (χ2n) is 6.12. The Morgan fingerprint density at radius 2 is 1.95 bits per heavy atom. The summed E-state index contributed by atoms with van der Waals surface area (Å²) in [5, 5.41) is 3.48. The molecule has 1 aliphatic heterocycles. The van der Waals surface area contributed by atoms with Gasteiger partial charge in [-0.1, -0.05) is 19.3 Å². The zero-order valence-electron chi connectivity index (χ0n) is 11.8. The molecule has 4 heteroatoms. The molecule has 3 rings (SSSR count). The molecule has 2 fully saturated rings. The van der Waals surface area contributed by atoms with Crippen molar-refractivity contribution in [3.63, 3.8) is 0 Å². The van der Waals surface area contributed by atoms with E-state index in [1.54, 1.807) is 0 Å². The first-order valence-electron chi connectivity index (χ1n) is 7.59. The fourth-order valence-corrected chi connectivity index (χ4v) is 3.70. The second-order valence-corrected chi connectivity index (χ2v) is 6.12. The predicted octanol–water partition coefficient (Wildman–Crippen LogP) is 3.07. The largest absolute Gasteiger partial charge is 0.314 e. The molecule has 1 aromatic rings. The molecule has 1 saturated heterocycles. The van der Waals surface area contributed by atoms with Gasteiger partial charge in [-0.2, -0.15) is 0 Å². The molecule has 20 heavy (non-hydrogen) atoms. The van der Waals surface area contributed by atoms with Crippen LogP contribution in [-0.2, 0) is 6.54 Å². The number of benzene rings is 1. The fourth-order valence-electron chi connectivity index (χ4n) is 3.70. The van der Waals surface area contributed by atoms with Gasteiger partial charge in [-0.3, -0.25) is 4.90 Å². The van der Waals surface area contributed by atoms with Gasteiger partial charge < -0.3 is 5.32 Å². The van der Waals surface area contributed by atoms with E-state index in [1.165, 1.54) is 37.5 Å². The highest BCUT2D eigenvalue weighted by Gasteiger charge is 2.39. The molecule has 1 saturated carbocycles. The predicted molar refractivity (Wildman–Crippen MR) is 75.5 cm³/mol. The first kappa shape index (κ1) is 14.0. The van der Waals surface area contributed by atoms with Crippen molar-refractivity contribution in [2.24, 2.45) is 0 Å². The summed E-state index contributed by atoms with van der Waals surface area (Å²) >= 11 is 0. The van der Waals surface area contributed by atoms with E-state index in [-0.39, 0.29) is 17.2 Å². The standard InChI is InChI=1S/C16H22F2N2/c17-14-4-5-15(18)13(10-14)11-20-9-8-19-12-16(20)6-2-1-3-7-16/h4-5,10,19H,1-3,6-9,11-12H2. The first-order valence-corrected chi connectivity index (χ1v) is 7.59. The highest BCUT2D eigenvalue weighted by atomic mass is 19.1. The van der Waals surface area contributed by atoms with Crippen molar-refractivity contribution in [3.05, 3.63) is 35.4 Å². The second kappa shape index (κ2) is 5.78. The molecule has 0 bridgehead atoms. The summed E-state index contributed by atoms with van der Waals surface area (Å²) in [5.41, 5.74) is 0.631. The Morgan fingerprint density at radius 3 is 2.75 bits per heavy atom. The van der Waals surface area contributed by atoms with E-state index in [9.17, 15) is 8.78 Å². The van der Waals surface area contributed by atoms with Crippen LogP contribution in [0.5, 0.6) is 0 Å². The number of rotatable bonds is 2. The van der Waals surface area contributed by atoms with Crippen LogP contribution in [0.4, 0.5) is 8.78 Å². The average Bonchev–Trinajstić information content (AvgIpc) is 2.46. The molecule has 2 nitrogen and oxygen atoms in total. The van der Waals surface area contributed by atoms with E-state index in [4.69, 9.17) is 0 Å². The van der Waals surface area contributed by atoms with Gasteiger partial charge in [-0.05, 0) is 31.0 Å². The number of nitrogens with zero attached hydrogens (tertiary/aromatic N) is 1. The van der Waals surface area contributed by atoms with Gasteiger partial charge in [-0.15, -0.1) is 0 Å². The lowest BCUT2D eigenvalue weighted by Crippen LogP contribution is -2.61. The third-order valence-corrected chi connectivity index (χ3v) is 4.84. The molecule has 1 N–H and O–H groups in total. The SMILES string of the molecule is Fc1ccc(F)c(CN2CCNCC23CCCCC3)c1. The minimum atomic E-state index is -0.353. The molecule has 0 radical (unpaired) electrons. The third kappa shape index (κ3) is 2.72. The van der Waals surface area contributed by atoms with E-state index >= 15 is 0 Å². The number of hydrogen-bond acceptors (Lipinski definition) is 2. The monoisotopic (exact) mass is 280 g/mol. The van der Waals surface area contributed by atoms with Gasteiger partial charge in [0.25, 0.3) is 0 Å². The van der Waals surface area contributed by atoms with Gasteiger partial charge in [0, 0.05) is 37.3 Å². The molecular formula is C16H22F2N2. The summed E-state index contributed by atoms with van der Waals surface area (Å²) in [6.07, 6.45) is 6.10. The molecule has 1 spiro atoms. The molecular weight excluding hydrogens is 258 g/mol. The average molecular weight is 280 g/mol. The van der Waals surface area contributed by atoms with E-state index in [1.807, 2.05) is 0 Å². The lowest BCUT2D eigenvalue weighted by molar-refractivity contribution is 0.0200. The minimum absolute atomic E-state index is 0.148. The topological polar surface area (TPSA) is 15.3 Å². The summed E-state index contributed by atoms with van der Waals surface area (Å²) in [5.74, 6) is -0.648. The van der Waals surface area contributed by atoms with Gasteiger partial charge in [0.1, 0.15) is 11.6 Å². The highest BCUT2D eigenvalue weighted by molar-refractivity contribution is 5.19. The Bertz CT molecular complexity index is 461. The Balaban J connectivity index is 1.81. The smallest absolute Gasteiger partial charge is 0.127 e. The van der Waals surface area contributed by atoms with E-state index in [0.29, 0.717) is 12.1 Å². The minimum Gasteiger partial charge on any atom is -0.314 e. The maximum Gasteiger partial charge on any atom is 0.127 e. The van der Waals surface area contributed by atoms with E-state index < -0.39 is 0 Å². The summed E-state index contributed by atoms with van der Waals surface area (Å²) in [7, 11) is 0. The lowest BCUT2D eigenvalue weighted by Gasteiger charge is -2.50. The summed E-state index contributed by atoms with van der Waals surface area (Å²) in [6.45, 7) is 3.34. The summed E-state index contributed by atoms with van der Waals surface area (Å²) < 4.78 is 27.2. The van der Waals surface area contributed by atoms with Gasteiger partial charge in [0.2, 0.25) is 0 Å². The van der Waals surface area contributed by atoms with Crippen molar-refractivity contribution in [2.45, 2.75) is 44.2 Å². The summed E-state index contributed by atoms with van der Waals surface area (Å²) in [6, 6.07) is 3.77. The quantitative estimate of drug-likeness (QED) is 0.895. The number of hydrogen-bond donors (Lipinski definition) is 1. The Labute approximate surface area is 119 Å². The van der Waals surface area contributed by atoms with Crippen LogP contribution in [0.2, 0.25) is 0 Å². The van der Waals surface area contributed by atoms with Gasteiger partial charge in [-0.25, -0.2) is 8.78 Å². The van der Waals surface area contributed by atoms with Crippen LogP contribution in [0, 0.1) is 11.6 Å². The van der Waals surface area contributed by atoms with Crippen LogP contribution in [0.3, 0.4) is 0 Å². The van der Waals surface area contributed by atoms with Crippen LogP contribution in [0.25, 0.3) is 0 Å². The zero-order valence-corrected chi connectivity index (χ0v) is 11.8. The normalized spacial score (nSPS) is 23.1. The van der Waals surface area contributed by atoms with Crippen molar-refractivity contribution in [1.29, 1.82) is 0 Å². The van der Waals surface area contributed by atoms with E-state index in [0.717, 1.165) is 32.5 Å². The van der Waals surface area contributed by atoms with Gasteiger partial charge >= 0.3 is 0 Å².